The van der Waals surface area contributed by atoms with Crippen molar-refractivity contribution in [2.75, 3.05) is 39.5 Å². The molecule has 1 saturated heterocycles. The number of para-hydroxylation sites is 1. The molecule has 1 heterocycles. The summed E-state index contributed by atoms with van der Waals surface area (Å²) in [7, 11) is 0. The number of hydrogen-bond donors (Lipinski definition) is 1. The molecule has 2 amide bonds. The number of nitrogens with one attached hydrogen (secondary N) is 1. The van der Waals surface area contributed by atoms with Crippen LogP contribution in [0.4, 0.5) is 0 Å². The second-order valence-electron chi connectivity index (χ2n) is 7.42. The molecule has 1 atom stereocenters. The van der Waals surface area contributed by atoms with Crippen molar-refractivity contribution in [3.05, 3.63) is 54.1 Å². The van der Waals surface area contributed by atoms with E-state index in [1.165, 1.54) is 4.90 Å². The molecule has 0 radical (unpaired) electrons. The van der Waals surface area contributed by atoms with Gasteiger partial charge < -0.3 is 29.2 Å². The Morgan fingerprint density at radius 3 is 2.47 bits per heavy atom. The molecule has 2 aromatic carbocycles. The van der Waals surface area contributed by atoms with E-state index in [9.17, 15) is 14.4 Å². The lowest BCUT2D eigenvalue weighted by Crippen LogP contribution is -2.57. The topological polar surface area (TPSA) is 103 Å². The van der Waals surface area contributed by atoms with Crippen molar-refractivity contribution >= 4 is 17.8 Å². The first kappa shape index (κ1) is 24.9. The Balaban J connectivity index is 1.64. The summed E-state index contributed by atoms with van der Waals surface area (Å²) < 4.78 is 21.9. The zero-order valence-electron chi connectivity index (χ0n) is 19.5. The number of ether oxygens (including phenoxy) is 4. The monoisotopic (exact) mass is 470 g/mol. The van der Waals surface area contributed by atoms with Gasteiger partial charge in [-0.1, -0.05) is 18.2 Å². The molecule has 1 unspecified atom stereocenters. The van der Waals surface area contributed by atoms with Gasteiger partial charge in [-0.25, -0.2) is 0 Å². The maximum absolute atomic E-state index is 13.4. The van der Waals surface area contributed by atoms with E-state index < -0.39 is 23.8 Å². The van der Waals surface area contributed by atoms with Crippen LogP contribution < -0.4 is 19.5 Å². The van der Waals surface area contributed by atoms with E-state index in [1.807, 2.05) is 32.0 Å². The highest BCUT2D eigenvalue weighted by molar-refractivity contribution is 6.01. The first-order chi connectivity index (χ1) is 16.5. The highest BCUT2D eigenvalue weighted by atomic mass is 16.6. The molecule has 0 spiro atoms. The molecule has 1 N–H and O–H groups in total. The van der Waals surface area contributed by atoms with E-state index in [0.29, 0.717) is 42.6 Å². The number of carbonyl (C=O) groups excluding carboxylic acids is 3. The molecule has 0 aliphatic carbocycles. The Kier molecular flexibility index (Phi) is 9.13. The lowest BCUT2D eigenvalue weighted by Gasteiger charge is -2.35. The largest absolute Gasteiger partial charge is 0.494 e. The van der Waals surface area contributed by atoms with Gasteiger partial charge in [-0.2, -0.15) is 0 Å². The third kappa shape index (κ3) is 6.63. The average molecular weight is 471 g/mol. The van der Waals surface area contributed by atoms with Crippen LogP contribution in [0, 0.1) is 0 Å². The van der Waals surface area contributed by atoms with E-state index in [-0.39, 0.29) is 26.2 Å². The highest BCUT2D eigenvalue weighted by Crippen LogP contribution is 2.28. The van der Waals surface area contributed by atoms with Gasteiger partial charge in [-0.05, 0) is 38.1 Å². The van der Waals surface area contributed by atoms with Crippen molar-refractivity contribution in [3.63, 3.8) is 0 Å². The SMILES string of the molecule is CCOc1ccc(C(=O)N2CCNC(=O)C2CC(=O)OCCOc2ccccc2)c(OCC)c1. The fourth-order valence-corrected chi connectivity index (χ4v) is 3.57. The van der Waals surface area contributed by atoms with Crippen LogP contribution in [0.15, 0.2) is 48.5 Å². The van der Waals surface area contributed by atoms with Gasteiger partial charge >= 0.3 is 5.97 Å². The first-order valence-electron chi connectivity index (χ1n) is 11.3. The molecular formula is C25H30N2O7. The van der Waals surface area contributed by atoms with Gasteiger partial charge in [0.25, 0.3) is 5.91 Å². The van der Waals surface area contributed by atoms with Gasteiger partial charge in [0.05, 0.1) is 25.2 Å². The Morgan fingerprint density at radius 1 is 0.971 bits per heavy atom. The summed E-state index contributed by atoms with van der Waals surface area (Å²) >= 11 is 0. The van der Waals surface area contributed by atoms with Gasteiger partial charge in [-0.15, -0.1) is 0 Å². The first-order valence-corrected chi connectivity index (χ1v) is 11.3. The second kappa shape index (κ2) is 12.5. The summed E-state index contributed by atoms with van der Waals surface area (Å²) in [5.41, 5.74) is 0.301. The number of rotatable bonds is 11. The number of carbonyl (C=O) groups is 3. The molecule has 0 aromatic heterocycles. The molecule has 9 heteroatoms. The van der Waals surface area contributed by atoms with Crippen LogP contribution in [0.25, 0.3) is 0 Å². The Bertz CT molecular complexity index is 980. The lowest BCUT2D eigenvalue weighted by atomic mass is 10.1. The van der Waals surface area contributed by atoms with Crippen LogP contribution in [0.2, 0.25) is 0 Å². The van der Waals surface area contributed by atoms with Crippen LogP contribution in [0.5, 0.6) is 17.2 Å². The standard InChI is InChI=1S/C25H30N2O7/c1-3-31-19-10-11-20(22(16-19)32-4-2)25(30)27-13-12-26-24(29)21(27)17-23(28)34-15-14-33-18-8-6-5-7-9-18/h5-11,16,21H,3-4,12-15,17H2,1-2H3,(H,26,29). The maximum Gasteiger partial charge on any atom is 0.308 e. The number of benzene rings is 2. The Labute approximate surface area is 198 Å². The zero-order valence-corrected chi connectivity index (χ0v) is 19.5. The molecule has 2 aromatic rings. The third-order valence-electron chi connectivity index (χ3n) is 5.10. The van der Waals surface area contributed by atoms with Crippen LogP contribution in [0.3, 0.4) is 0 Å². The molecule has 9 nitrogen and oxygen atoms in total. The third-order valence-corrected chi connectivity index (χ3v) is 5.10. The minimum Gasteiger partial charge on any atom is -0.494 e. The molecule has 34 heavy (non-hydrogen) atoms. The molecule has 3 rings (SSSR count). The molecular weight excluding hydrogens is 440 g/mol. The predicted octanol–water partition coefficient (Wildman–Crippen LogP) is 2.44. The molecule has 0 saturated carbocycles. The van der Waals surface area contributed by atoms with Gasteiger partial charge in [0.1, 0.15) is 36.5 Å². The van der Waals surface area contributed by atoms with Crippen molar-refractivity contribution in [1.29, 1.82) is 0 Å². The summed E-state index contributed by atoms with van der Waals surface area (Å²) in [4.78, 5) is 39.7. The van der Waals surface area contributed by atoms with Gasteiger partial charge in [-0.3, -0.25) is 14.4 Å². The summed E-state index contributed by atoms with van der Waals surface area (Å²) in [6.45, 7) is 5.28. The molecule has 1 fully saturated rings. The normalized spacial score (nSPS) is 15.3. The van der Waals surface area contributed by atoms with E-state index >= 15 is 0 Å². The Hall–Kier alpha value is -3.75. The molecule has 1 aliphatic heterocycles. The van der Waals surface area contributed by atoms with Crippen molar-refractivity contribution in [2.45, 2.75) is 26.3 Å². The van der Waals surface area contributed by atoms with Crippen molar-refractivity contribution in [3.8, 4) is 17.2 Å². The number of piperazine rings is 1. The van der Waals surface area contributed by atoms with Crippen molar-refractivity contribution in [1.82, 2.24) is 10.2 Å². The quantitative estimate of drug-likeness (QED) is 0.397. The van der Waals surface area contributed by atoms with Crippen LogP contribution in [-0.4, -0.2) is 68.2 Å². The van der Waals surface area contributed by atoms with Crippen molar-refractivity contribution in [2.24, 2.45) is 0 Å². The average Bonchev–Trinajstić information content (AvgIpc) is 2.84. The van der Waals surface area contributed by atoms with E-state index in [4.69, 9.17) is 18.9 Å². The highest BCUT2D eigenvalue weighted by Gasteiger charge is 2.36. The summed E-state index contributed by atoms with van der Waals surface area (Å²) in [5.74, 6) is 0.226. The van der Waals surface area contributed by atoms with Crippen LogP contribution in [-0.2, 0) is 14.3 Å². The number of esters is 1. The summed E-state index contributed by atoms with van der Waals surface area (Å²) in [6.07, 6.45) is -0.260. The van der Waals surface area contributed by atoms with Crippen LogP contribution >= 0.6 is 0 Å². The summed E-state index contributed by atoms with van der Waals surface area (Å²) in [5, 5.41) is 2.71. The minimum absolute atomic E-state index is 0.0311. The second-order valence-corrected chi connectivity index (χ2v) is 7.42. The smallest absolute Gasteiger partial charge is 0.308 e. The van der Waals surface area contributed by atoms with Gasteiger partial charge in [0, 0.05) is 19.2 Å². The maximum atomic E-state index is 13.4. The van der Waals surface area contributed by atoms with E-state index in [2.05, 4.69) is 5.32 Å². The fraction of sp³-hybridized carbons (Fsp3) is 0.400. The molecule has 182 valence electrons. The van der Waals surface area contributed by atoms with Crippen LogP contribution in [0.1, 0.15) is 30.6 Å². The minimum atomic E-state index is -0.982. The fourth-order valence-electron chi connectivity index (χ4n) is 3.57. The van der Waals surface area contributed by atoms with E-state index in [0.717, 1.165) is 0 Å². The predicted molar refractivity (Wildman–Crippen MR) is 124 cm³/mol. The van der Waals surface area contributed by atoms with Gasteiger partial charge in [0.15, 0.2) is 0 Å². The molecule has 1 aliphatic rings. The number of nitrogens with zero attached hydrogens (tertiary/aromatic N) is 1. The zero-order chi connectivity index (χ0) is 24.3. The van der Waals surface area contributed by atoms with Gasteiger partial charge in [0.2, 0.25) is 5.91 Å². The molecule has 0 bridgehead atoms. The number of amides is 2. The van der Waals surface area contributed by atoms with Crippen molar-refractivity contribution < 1.29 is 33.3 Å². The summed E-state index contributed by atoms with van der Waals surface area (Å²) in [6, 6.07) is 13.1. The Morgan fingerprint density at radius 2 is 1.74 bits per heavy atom. The lowest BCUT2D eigenvalue weighted by molar-refractivity contribution is -0.148. The number of hydrogen-bond acceptors (Lipinski definition) is 7. The van der Waals surface area contributed by atoms with E-state index in [1.54, 1.807) is 30.3 Å².